The van der Waals surface area contributed by atoms with Gasteiger partial charge in [-0.1, -0.05) is 208 Å². The lowest BCUT2D eigenvalue weighted by Crippen LogP contribution is -2.68. The van der Waals surface area contributed by atoms with E-state index in [2.05, 4.69) is 30.8 Å². The second-order valence-corrected chi connectivity index (χ2v) is 24.4. The predicted molar refractivity (Wildman–Crippen MR) is 298 cm³/mol. The monoisotopic (exact) mass is 1120 g/mol. The van der Waals surface area contributed by atoms with Crippen LogP contribution >= 0.6 is 7.82 Å². The molecule has 0 radical (unpaired) electrons. The first-order chi connectivity index (χ1) is 39.5. The van der Waals surface area contributed by atoms with E-state index >= 15 is 4.57 Å². The molecule has 6 fully saturated rings. The molecule has 17 heteroatoms. The molecule has 6 aromatic carbocycles. The molecule has 15 atom stereocenters. The van der Waals surface area contributed by atoms with Crippen molar-refractivity contribution in [3.63, 3.8) is 0 Å². The summed E-state index contributed by atoms with van der Waals surface area (Å²) in [5, 5.41) is 4.41. The number of rotatable bonds is 21. The summed E-state index contributed by atoms with van der Waals surface area (Å²) >= 11 is 0. The minimum atomic E-state index is -4.63. The zero-order valence-electron chi connectivity index (χ0n) is 45.8. The van der Waals surface area contributed by atoms with Crippen LogP contribution in [0.4, 0.5) is 0 Å². The Hall–Kier alpha value is -5.62. The van der Waals surface area contributed by atoms with Crippen molar-refractivity contribution in [3.05, 3.63) is 226 Å². The fourth-order valence-corrected chi connectivity index (χ4v) is 14.4. The Kier molecular flexibility index (Phi) is 16.8. The average molecular weight is 1120 g/mol. The van der Waals surface area contributed by atoms with Gasteiger partial charge in [0, 0.05) is 22.3 Å². The van der Waals surface area contributed by atoms with Crippen LogP contribution < -0.4 is 0 Å². The number of nitrogens with zero attached hydrogens (tertiary/aromatic N) is 3. The number of fused-ring (bicyclic) bond motifs is 5. The van der Waals surface area contributed by atoms with Crippen LogP contribution in [0.5, 0.6) is 0 Å². The molecule has 6 aliphatic rings. The normalized spacial score (nSPS) is 32.9. The summed E-state index contributed by atoms with van der Waals surface area (Å²) in [6, 6.07) is 56.5. The van der Waals surface area contributed by atoms with Gasteiger partial charge in [-0.05, 0) is 57.5 Å². The highest BCUT2D eigenvalue weighted by Gasteiger charge is 2.76. The molecule has 12 rings (SSSR count). The highest BCUT2D eigenvalue weighted by Crippen LogP contribution is 2.73. The Morgan fingerprint density at radius 2 is 1.02 bits per heavy atom. The van der Waals surface area contributed by atoms with Gasteiger partial charge in [0.2, 0.25) is 0 Å². The number of hydrogen-bond donors (Lipinski definition) is 0. The zero-order valence-corrected chi connectivity index (χ0v) is 46.7. The summed E-state index contributed by atoms with van der Waals surface area (Å²) in [7, 11) is -4.63. The maximum absolute atomic E-state index is 15.6. The summed E-state index contributed by atoms with van der Waals surface area (Å²) < 4.78 is 99.5. The molecule has 81 heavy (non-hydrogen) atoms. The molecule has 3 aliphatic carbocycles. The highest BCUT2D eigenvalue weighted by molar-refractivity contribution is 7.48. The van der Waals surface area contributed by atoms with Gasteiger partial charge in [-0.15, -0.1) is 0 Å². The van der Waals surface area contributed by atoms with Crippen LogP contribution in [-0.2, 0) is 93.8 Å². The molecular weight excluding hydrogens is 1050 g/mol. The molecular formula is C64H70N3O13P. The Bertz CT molecular complexity index is 3050. The minimum absolute atomic E-state index is 0.0204. The van der Waals surface area contributed by atoms with Gasteiger partial charge in [-0.3, -0.25) is 13.6 Å². The SMILES string of the molecule is CC1(C)[C@H]2CC[C@]1(C)C1(C2)O[C@@H]2[C@H](OCc3ccccc3)[C@@H](OCc3ccccc3)[C@H](OCc3ccccc3)[C@@H](O[C@H]3O[C@@H]4CO[C@@H](c5ccccc5)O[C@H]4[C@H](OP(=O)(OCc4ccccc4)OCc4ccccc4)[C@H]3N=[N+]=[N-])[C@@H]2O1. The summed E-state index contributed by atoms with van der Waals surface area (Å²) in [6.07, 6.45) is -8.38. The molecule has 1 spiro atoms. The molecule has 0 amide bonds. The van der Waals surface area contributed by atoms with E-state index in [0.29, 0.717) is 12.3 Å². The van der Waals surface area contributed by atoms with Gasteiger partial charge in [0.25, 0.3) is 0 Å². The van der Waals surface area contributed by atoms with Gasteiger partial charge in [-0.2, -0.15) is 0 Å². The van der Waals surface area contributed by atoms with Crippen molar-refractivity contribution in [2.45, 2.75) is 152 Å². The Labute approximate surface area is 473 Å². The molecule has 16 nitrogen and oxygen atoms in total. The van der Waals surface area contributed by atoms with Crippen molar-refractivity contribution in [2.24, 2.45) is 21.9 Å². The van der Waals surface area contributed by atoms with E-state index in [1.807, 2.05) is 182 Å². The van der Waals surface area contributed by atoms with Crippen LogP contribution in [0.15, 0.2) is 187 Å². The maximum atomic E-state index is 15.6. The van der Waals surface area contributed by atoms with E-state index in [4.69, 9.17) is 56.2 Å². The fourth-order valence-electron chi connectivity index (χ4n) is 13.0. The third-order valence-electron chi connectivity index (χ3n) is 17.8. The molecule has 3 heterocycles. The summed E-state index contributed by atoms with van der Waals surface area (Å²) in [5.74, 6) is -0.727. The first-order valence-electron chi connectivity index (χ1n) is 28.2. The van der Waals surface area contributed by atoms with Crippen LogP contribution in [0.2, 0.25) is 0 Å². The second-order valence-electron chi connectivity index (χ2n) is 22.7. The van der Waals surface area contributed by atoms with Gasteiger partial charge in [0.1, 0.15) is 61.0 Å². The van der Waals surface area contributed by atoms with Gasteiger partial charge >= 0.3 is 7.82 Å². The van der Waals surface area contributed by atoms with E-state index in [0.717, 1.165) is 46.2 Å². The first kappa shape index (κ1) is 55.9. The minimum Gasteiger partial charge on any atom is -0.368 e. The number of azide groups is 1. The quantitative estimate of drug-likeness (QED) is 0.0288. The topological polar surface area (TPSA) is 177 Å². The molecule has 1 unspecified atom stereocenters. The lowest BCUT2D eigenvalue weighted by atomic mass is 9.68. The molecule has 3 aliphatic heterocycles. The van der Waals surface area contributed by atoms with Gasteiger partial charge < -0.3 is 42.6 Å². The fraction of sp³-hybridized carbons (Fsp3) is 0.438. The van der Waals surface area contributed by atoms with Crippen molar-refractivity contribution in [2.75, 3.05) is 6.61 Å². The Morgan fingerprint density at radius 1 is 0.568 bits per heavy atom. The van der Waals surface area contributed by atoms with Crippen molar-refractivity contribution in [3.8, 4) is 0 Å². The van der Waals surface area contributed by atoms with Crippen LogP contribution in [0.3, 0.4) is 0 Å². The van der Waals surface area contributed by atoms with E-state index in [1.54, 1.807) is 0 Å². The molecule has 2 bridgehead atoms. The molecule has 424 valence electrons. The number of phosphoric ester groups is 1. The van der Waals surface area contributed by atoms with E-state index in [1.165, 1.54) is 0 Å². The largest absolute Gasteiger partial charge is 0.475 e. The van der Waals surface area contributed by atoms with Gasteiger partial charge in [0.05, 0.1) is 39.6 Å². The van der Waals surface area contributed by atoms with Crippen LogP contribution in [0.25, 0.3) is 10.4 Å². The van der Waals surface area contributed by atoms with Crippen molar-refractivity contribution in [1.29, 1.82) is 0 Å². The third kappa shape index (κ3) is 11.6. The van der Waals surface area contributed by atoms with Crippen LogP contribution in [0.1, 0.15) is 79.7 Å². The average Bonchev–Trinajstić information content (AvgIpc) is 1.97. The van der Waals surface area contributed by atoms with Crippen LogP contribution in [0, 0.1) is 16.7 Å². The smallest absolute Gasteiger partial charge is 0.368 e. The molecule has 0 N–H and O–H groups in total. The number of phosphoric acid groups is 1. The summed E-state index contributed by atoms with van der Waals surface area (Å²) in [5.41, 5.74) is 15.1. The lowest BCUT2D eigenvalue weighted by molar-refractivity contribution is -0.359. The van der Waals surface area contributed by atoms with Crippen LogP contribution in [-0.4, -0.2) is 79.7 Å². The van der Waals surface area contributed by atoms with Gasteiger partial charge in [-0.25, -0.2) is 4.57 Å². The van der Waals surface area contributed by atoms with Crippen molar-refractivity contribution in [1.82, 2.24) is 0 Å². The maximum Gasteiger partial charge on any atom is 0.475 e. The molecule has 3 saturated heterocycles. The van der Waals surface area contributed by atoms with E-state index in [-0.39, 0.29) is 45.1 Å². The van der Waals surface area contributed by atoms with Crippen molar-refractivity contribution >= 4 is 7.82 Å². The zero-order chi connectivity index (χ0) is 55.4. The third-order valence-corrected chi connectivity index (χ3v) is 19.2. The molecule has 0 aromatic heterocycles. The number of benzene rings is 6. The molecule has 3 saturated carbocycles. The lowest BCUT2D eigenvalue weighted by Gasteiger charge is -2.51. The summed E-state index contributed by atoms with van der Waals surface area (Å²) in [4.78, 5) is 3.39. The number of hydrogen-bond acceptors (Lipinski definition) is 14. The van der Waals surface area contributed by atoms with E-state index in [9.17, 15) is 5.53 Å². The Morgan fingerprint density at radius 3 is 1.49 bits per heavy atom. The van der Waals surface area contributed by atoms with E-state index < -0.39 is 92.6 Å². The first-order valence-corrected chi connectivity index (χ1v) is 29.6. The van der Waals surface area contributed by atoms with Gasteiger partial charge in [0.15, 0.2) is 18.4 Å². The summed E-state index contributed by atoms with van der Waals surface area (Å²) in [6.45, 7) is 7.24. The highest BCUT2D eigenvalue weighted by atomic mass is 31.2. The second kappa shape index (κ2) is 24.3. The Balaban J connectivity index is 0.958. The standard InChI is InChI=1S/C64H70N3O13P/c1-62(2)49-34-35-63(62,3)64(36-49)78-58-56(71-39-45-26-14-6-15-27-45)54(69-37-43-22-10-4-11-23-43)55(70-38-44-24-12-5-13-25-44)57(59(58)79-64)77-61-51(66-67-65)53(52-50(75-61)42-72-60(76-52)48-32-20-9-21-33-48)80-81(68,73-40-46-28-16-7-17-29-46)74-41-47-30-18-8-19-31-47/h4-33,49-61H,34-42H2,1-3H3/t49-,50+,51+,52+,53+,54-,55-,56+,57+,58+,59-,60+,61+,63-,64?/m0/s1. The molecule has 6 aromatic rings. The predicted octanol–water partition coefficient (Wildman–Crippen LogP) is 12.9. The number of ether oxygens (including phenoxy) is 9. The van der Waals surface area contributed by atoms with Crippen molar-refractivity contribution < 1.29 is 60.8 Å².